The fraction of sp³-hybridized carbons (Fsp3) is 0.300. The van der Waals surface area contributed by atoms with Crippen LogP contribution in [0.15, 0.2) is 48.5 Å². The summed E-state index contributed by atoms with van der Waals surface area (Å²) in [5, 5.41) is 0. The molecule has 1 fully saturated rings. The molecule has 0 radical (unpaired) electrons. The number of H-pyrrole nitrogens is 1. The predicted octanol–water partition coefficient (Wildman–Crippen LogP) is 3.78. The van der Waals surface area contributed by atoms with Crippen molar-refractivity contribution >= 4 is 16.9 Å². The highest BCUT2D eigenvalue weighted by Gasteiger charge is 2.31. The number of nitrogens with one attached hydrogen (secondary N) is 1. The largest absolute Gasteiger partial charge is 0.340 e. The van der Waals surface area contributed by atoms with E-state index in [0.29, 0.717) is 6.42 Å². The van der Waals surface area contributed by atoms with Gasteiger partial charge in [-0.1, -0.05) is 42.0 Å². The summed E-state index contributed by atoms with van der Waals surface area (Å²) < 4.78 is 0. The van der Waals surface area contributed by atoms with Crippen LogP contribution in [0, 0.1) is 6.92 Å². The molecule has 0 saturated carbocycles. The van der Waals surface area contributed by atoms with Gasteiger partial charge in [0.1, 0.15) is 5.82 Å². The lowest BCUT2D eigenvalue weighted by Gasteiger charge is -2.23. The molecule has 2 aromatic carbocycles. The van der Waals surface area contributed by atoms with Crippen LogP contribution in [-0.2, 0) is 11.2 Å². The molecule has 0 spiro atoms. The van der Waals surface area contributed by atoms with Crippen LogP contribution in [-0.4, -0.2) is 27.3 Å². The maximum Gasteiger partial charge on any atom is 0.227 e. The molecule has 2 heterocycles. The molecule has 1 aliphatic rings. The fourth-order valence-corrected chi connectivity index (χ4v) is 3.46. The minimum atomic E-state index is 0.0651. The second-order valence-corrected chi connectivity index (χ2v) is 6.55. The first-order valence-electron chi connectivity index (χ1n) is 8.50. The van der Waals surface area contributed by atoms with Crippen molar-refractivity contribution in [3.05, 3.63) is 65.5 Å². The first kappa shape index (κ1) is 14.9. The van der Waals surface area contributed by atoms with Gasteiger partial charge >= 0.3 is 0 Å². The fourth-order valence-electron chi connectivity index (χ4n) is 3.46. The van der Waals surface area contributed by atoms with Gasteiger partial charge < -0.3 is 9.88 Å². The molecule has 4 heteroatoms. The number of nitrogens with zero attached hydrogens (tertiary/aromatic N) is 2. The van der Waals surface area contributed by atoms with Crippen LogP contribution in [0.1, 0.15) is 35.8 Å². The van der Waals surface area contributed by atoms with Crippen molar-refractivity contribution in [2.45, 2.75) is 32.2 Å². The Labute approximate surface area is 141 Å². The molecule has 3 aromatic rings. The number of imidazole rings is 1. The summed E-state index contributed by atoms with van der Waals surface area (Å²) in [5.74, 6) is 1.09. The van der Waals surface area contributed by atoms with Crippen molar-refractivity contribution in [3.8, 4) is 0 Å². The molecule has 1 N–H and O–H groups in total. The van der Waals surface area contributed by atoms with Crippen molar-refractivity contribution in [1.29, 1.82) is 0 Å². The van der Waals surface area contributed by atoms with E-state index in [2.05, 4.69) is 24.0 Å². The second-order valence-electron chi connectivity index (χ2n) is 6.55. The number of aromatic nitrogens is 2. The van der Waals surface area contributed by atoms with Crippen molar-refractivity contribution in [2.24, 2.45) is 0 Å². The third-order valence-electron chi connectivity index (χ3n) is 4.77. The Morgan fingerprint density at radius 3 is 2.79 bits per heavy atom. The summed E-state index contributed by atoms with van der Waals surface area (Å²) in [4.78, 5) is 22.9. The molecule has 1 aliphatic heterocycles. The lowest BCUT2D eigenvalue weighted by Crippen LogP contribution is -2.32. The molecule has 122 valence electrons. The van der Waals surface area contributed by atoms with Crippen LogP contribution >= 0.6 is 0 Å². The highest BCUT2D eigenvalue weighted by atomic mass is 16.2. The molecule has 4 nitrogen and oxygen atoms in total. The Bertz CT molecular complexity index is 833. The van der Waals surface area contributed by atoms with E-state index < -0.39 is 0 Å². The van der Waals surface area contributed by atoms with Crippen molar-refractivity contribution in [2.75, 3.05) is 6.54 Å². The Morgan fingerprint density at radius 1 is 1.21 bits per heavy atom. The predicted molar refractivity (Wildman–Crippen MR) is 94.7 cm³/mol. The van der Waals surface area contributed by atoms with Crippen LogP contribution < -0.4 is 0 Å². The monoisotopic (exact) mass is 319 g/mol. The summed E-state index contributed by atoms with van der Waals surface area (Å²) in [6.07, 6.45) is 2.46. The number of hydrogen-bond donors (Lipinski definition) is 1. The minimum Gasteiger partial charge on any atom is -0.340 e. The maximum atomic E-state index is 12.8. The number of aromatic amines is 1. The molecule has 0 aliphatic carbocycles. The normalized spacial score (nSPS) is 17.5. The molecule has 1 atom stereocenters. The third kappa shape index (κ3) is 2.80. The number of fused-ring (bicyclic) bond motifs is 1. The van der Waals surface area contributed by atoms with Gasteiger partial charge in [0.15, 0.2) is 0 Å². The van der Waals surface area contributed by atoms with Crippen LogP contribution in [0.25, 0.3) is 11.0 Å². The SMILES string of the molecule is Cc1ccc(CC(=O)N2CCCC2c2nc3ccccc3[nH]2)cc1. The van der Waals surface area contributed by atoms with Crippen LogP contribution in [0.3, 0.4) is 0 Å². The van der Waals surface area contributed by atoms with E-state index in [4.69, 9.17) is 4.98 Å². The van der Waals surface area contributed by atoms with Gasteiger partial charge in [-0.3, -0.25) is 4.79 Å². The minimum absolute atomic E-state index is 0.0651. The lowest BCUT2D eigenvalue weighted by atomic mass is 10.1. The zero-order chi connectivity index (χ0) is 16.5. The van der Waals surface area contributed by atoms with Gasteiger partial charge in [0.05, 0.1) is 23.5 Å². The summed E-state index contributed by atoms with van der Waals surface area (Å²) in [6, 6.07) is 16.3. The summed E-state index contributed by atoms with van der Waals surface area (Å²) in [6.45, 7) is 2.87. The second kappa shape index (κ2) is 6.11. The molecule has 1 amide bonds. The topological polar surface area (TPSA) is 49.0 Å². The molecule has 1 aromatic heterocycles. The van der Waals surface area contributed by atoms with E-state index in [1.807, 2.05) is 41.3 Å². The van der Waals surface area contributed by atoms with Crippen LogP contribution in [0.2, 0.25) is 0 Å². The number of likely N-dealkylation sites (tertiary alicyclic amines) is 1. The zero-order valence-electron chi connectivity index (χ0n) is 13.8. The number of carbonyl (C=O) groups excluding carboxylic acids is 1. The highest BCUT2D eigenvalue weighted by molar-refractivity contribution is 5.80. The van der Waals surface area contributed by atoms with Crippen LogP contribution in [0.4, 0.5) is 0 Å². The zero-order valence-corrected chi connectivity index (χ0v) is 13.8. The summed E-state index contributed by atoms with van der Waals surface area (Å²) in [5.41, 5.74) is 4.28. The van der Waals surface area contributed by atoms with E-state index >= 15 is 0 Å². The molecule has 1 unspecified atom stereocenters. The summed E-state index contributed by atoms with van der Waals surface area (Å²) >= 11 is 0. The first-order chi connectivity index (χ1) is 11.7. The van der Waals surface area contributed by atoms with Crippen molar-refractivity contribution < 1.29 is 4.79 Å². The van der Waals surface area contributed by atoms with Gasteiger partial charge in [0.2, 0.25) is 5.91 Å². The number of aryl methyl sites for hydroxylation is 1. The standard InChI is InChI=1S/C20H21N3O/c1-14-8-10-15(11-9-14)13-19(24)23-12-4-7-18(23)20-21-16-5-2-3-6-17(16)22-20/h2-3,5-6,8-11,18H,4,7,12-13H2,1H3,(H,21,22). The molecule has 0 bridgehead atoms. The Hall–Kier alpha value is -2.62. The lowest BCUT2D eigenvalue weighted by molar-refractivity contribution is -0.131. The number of rotatable bonds is 3. The number of benzene rings is 2. The smallest absolute Gasteiger partial charge is 0.227 e. The first-order valence-corrected chi connectivity index (χ1v) is 8.50. The molecule has 1 saturated heterocycles. The van der Waals surface area contributed by atoms with Gasteiger partial charge in [-0.25, -0.2) is 4.98 Å². The van der Waals surface area contributed by atoms with E-state index in [9.17, 15) is 4.79 Å². The quantitative estimate of drug-likeness (QED) is 0.799. The number of para-hydroxylation sites is 2. The van der Waals surface area contributed by atoms with E-state index in [-0.39, 0.29) is 11.9 Å². The van der Waals surface area contributed by atoms with Gasteiger partial charge in [-0.15, -0.1) is 0 Å². The Morgan fingerprint density at radius 2 is 2.00 bits per heavy atom. The number of carbonyl (C=O) groups is 1. The van der Waals surface area contributed by atoms with E-state index in [0.717, 1.165) is 41.8 Å². The Kier molecular flexibility index (Phi) is 3.81. The van der Waals surface area contributed by atoms with Gasteiger partial charge in [0, 0.05) is 6.54 Å². The van der Waals surface area contributed by atoms with E-state index in [1.165, 1.54) is 5.56 Å². The van der Waals surface area contributed by atoms with Crippen molar-refractivity contribution in [1.82, 2.24) is 14.9 Å². The molecular formula is C20H21N3O. The highest BCUT2D eigenvalue weighted by Crippen LogP contribution is 2.31. The molecule has 24 heavy (non-hydrogen) atoms. The van der Waals surface area contributed by atoms with Crippen molar-refractivity contribution in [3.63, 3.8) is 0 Å². The molecule has 4 rings (SSSR count). The Balaban J connectivity index is 1.55. The van der Waals surface area contributed by atoms with Gasteiger partial charge in [0.25, 0.3) is 0 Å². The average Bonchev–Trinajstić information content (AvgIpc) is 3.23. The van der Waals surface area contributed by atoms with E-state index in [1.54, 1.807) is 0 Å². The number of hydrogen-bond acceptors (Lipinski definition) is 2. The van der Waals surface area contributed by atoms with Gasteiger partial charge in [-0.2, -0.15) is 0 Å². The van der Waals surface area contributed by atoms with Gasteiger partial charge in [-0.05, 0) is 37.5 Å². The maximum absolute atomic E-state index is 12.8. The summed E-state index contributed by atoms with van der Waals surface area (Å²) in [7, 11) is 0. The van der Waals surface area contributed by atoms with Crippen LogP contribution in [0.5, 0.6) is 0 Å². The third-order valence-corrected chi connectivity index (χ3v) is 4.77. The molecular weight excluding hydrogens is 298 g/mol. The number of amides is 1. The average molecular weight is 319 g/mol.